The zero-order chi connectivity index (χ0) is 16.3. The number of aromatic nitrogens is 2. The largest absolute Gasteiger partial charge is 0.467 e. The zero-order valence-electron chi connectivity index (χ0n) is 13.3. The first kappa shape index (κ1) is 16.5. The van der Waals surface area contributed by atoms with E-state index in [0.29, 0.717) is 19.3 Å². The summed E-state index contributed by atoms with van der Waals surface area (Å²) in [6.45, 7) is 5.46. The summed E-state index contributed by atoms with van der Waals surface area (Å²) in [4.78, 5) is 29.2. The van der Waals surface area contributed by atoms with Gasteiger partial charge in [0.05, 0.1) is 12.8 Å². The number of fused-ring (bicyclic) bond motifs is 1. The number of imidazole rings is 1. The van der Waals surface area contributed by atoms with Gasteiger partial charge in [-0.3, -0.25) is 9.20 Å². The molecule has 0 aliphatic heterocycles. The van der Waals surface area contributed by atoms with E-state index in [0.717, 1.165) is 16.3 Å². The van der Waals surface area contributed by atoms with Crippen molar-refractivity contribution in [3.8, 4) is 0 Å². The van der Waals surface area contributed by atoms with E-state index in [1.807, 2.05) is 29.8 Å². The lowest BCUT2D eigenvalue weighted by Gasteiger charge is -2.26. The van der Waals surface area contributed by atoms with Crippen molar-refractivity contribution in [3.63, 3.8) is 0 Å². The predicted molar refractivity (Wildman–Crippen MR) is 85.0 cm³/mol. The molecule has 2 aromatic heterocycles. The lowest BCUT2D eigenvalue weighted by Crippen LogP contribution is -2.52. The Morgan fingerprint density at radius 1 is 1.50 bits per heavy atom. The molecule has 1 N–H and O–H groups in total. The highest BCUT2D eigenvalue weighted by molar-refractivity contribution is 7.15. The summed E-state index contributed by atoms with van der Waals surface area (Å²) in [5, 5.41) is 4.78. The van der Waals surface area contributed by atoms with Crippen LogP contribution < -0.4 is 5.32 Å². The monoisotopic (exact) mass is 323 g/mol. The van der Waals surface area contributed by atoms with Crippen LogP contribution in [0.25, 0.3) is 4.96 Å². The molecule has 2 aromatic rings. The molecule has 6 nitrogen and oxygen atoms in total. The molecule has 2 rings (SSSR count). The van der Waals surface area contributed by atoms with Gasteiger partial charge in [-0.15, -0.1) is 11.3 Å². The third-order valence-corrected chi connectivity index (χ3v) is 4.66. The van der Waals surface area contributed by atoms with Crippen LogP contribution >= 0.6 is 11.3 Å². The number of methoxy groups -OCH3 is 1. The number of hydrogen-bond acceptors (Lipinski definition) is 5. The van der Waals surface area contributed by atoms with Crippen LogP contribution in [0.4, 0.5) is 0 Å². The maximum absolute atomic E-state index is 12.1. The summed E-state index contributed by atoms with van der Waals surface area (Å²) in [7, 11) is 1.33. The van der Waals surface area contributed by atoms with E-state index >= 15 is 0 Å². The minimum Gasteiger partial charge on any atom is -0.467 e. The Kier molecular flexibility index (Phi) is 4.85. The zero-order valence-corrected chi connectivity index (χ0v) is 14.1. The third-order valence-electron chi connectivity index (χ3n) is 3.77. The van der Waals surface area contributed by atoms with E-state index in [1.165, 1.54) is 7.11 Å². The van der Waals surface area contributed by atoms with Crippen molar-refractivity contribution in [2.45, 2.75) is 45.6 Å². The highest BCUT2D eigenvalue weighted by Gasteiger charge is 2.33. The molecule has 0 saturated carbocycles. The molecule has 22 heavy (non-hydrogen) atoms. The fraction of sp³-hybridized carbons (Fsp3) is 0.533. The Morgan fingerprint density at radius 3 is 2.86 bits per heavy atom. The standard InChI is InChI=1S/C15H21N3O3S/c1-5-15(3,13(20)21-4)17-12(19)7-6-11-9-22-14-16-10(2)8-18(11)14/h8-9H,5-7H2,1-4H3,(H,17,19). The number of thiazole rings is 1. The maximum atomic E-state index is 12.1. The van der Waals surface area contributed by atoms with Gasteiger partial charge in [0.2, 0.25) is 5.91 Å². The second-order valence-corrected chi connectivity index (χ2v) is 6.32. The van der Waals surface area contributed by atoms with Crippen LogP contribution in [0.2, 0.25) is 0 Å². The second kappa shape index (κ2) is 6.48. The van der Waals surface area contributed by atoms with Crippen molar-refractivity contribution in [1.82, 2.24) is 14.7 Å². The normalized spacial score (nSPS) is 13.8. The van der Waals surface area contributed by atoms with Gasteiger partial charge in [-0.05, 0) is 26.7 Å². The number of carbonyl (C=O) groups excluding carboxylic acids is 2. The Balaban J connectivity index is 1.99. The van der Waals surface area contributed by atoms with E-state index in [9.17, 15) is 9.59 Å². The molecule has 0 fully saturated rings. The summed E-state index contributed by atoms with van der Waals surface area (Å²) in [6, 6.07) is 0. The second-order valence-electron chi connectivity index (χ2n) is 5.49. The van der Waals surface area contributed by atoms with Crippen molar-refractivity contribution in [2.75, 3.05) is 7.11 Å². The molecule has 0 radical (unpaired) electrons. The fourth-order valence-electron chi connectivity index (χ4n) is 2.24. The van der Waals surface area contributed by atoms with Crippen LogP contribution in [0.3, 0.4) is 0 Å². The molecule has 0 aliphatic carbocycles. The molecule has 1 atom stereocenters. The number of esters is 1. The summed E-state index contributed by atoms with van der Waals surface area (Å²) < 4.78 is 6.76. The number of nitrogens with zero attached hydrogens (tertiary/aromatic N) is 2. The van der Waals surface area contributed by atoms with Crippen molar-refractivity contribution in [1.29, 1.82) is 0 Å². The summed E-state index contributed by atoms with van der Waals surface area (Å²) in [5.74, 6) is -0.586. The molecule has 1 unspecified atom stereocenters. The van der Waals surface area contributed by atoms with Crippen molar-refractivity contribution in [2.24, 2.45) is 0 Å². The minimum absolute atomic E-state index is 0.161. The lowest BCUT2D eigenvalue weighted by molar-refractivity contribution is -0.150. The molecule has 0 bridgehead atoms. The van der Waals surface area contributed by atoms with Gasteiger partial charge in [-0.25, -0.2) is 9.78 Å². The minimum atomic E-state index is -0.971. The third kappa shape index (κ3) is 3.30. The first-order valence-corrected chi connectivity index (χ1v) is 8.09. The molecule has 120 valence electrons. The highest BCUT2D eigenvalue weighted by atomic mass is 32.1. The number of hydrogen-bond donors (Lipinski definition) is 1. The molecular weight excluding hydrogens is 302 g/mol. The Morgan fingerprint density at radius 2 is 2.23 bits per heavy atom. The SMILES string of the molecule is CCC(C)(NC(=O)CCc1csc2nc(C)cn12)C(=O)OC. The molecule has 0 aliphatic rings. The van der Waals surface area contributed by atoms with Gasteiger partial charge in [-0.2, -0.15) is 0 Å². The molecular formula is C15H21N3O3S. The van der Waals surface area contributed by atoms with Crippen molar-refractivity contribution < 1.29 is 14.3 Å². The number of nitrogens with one attached hydrogen (secondary N) is 1. The summed E-state index contributed by atoms with van der Waals surface area (Å²) >= 11 is 1.56. The van der Waals surface area contributed by atoms with E-state index in [-0.39, 0.29) is 5.91 Å². The molecule has 2 heterocycles. The number of rotatable bonds is 6. The Hall–Kier alpha value is -1.89. The number of amides is 1. The number of ether oxygens (including phenoxy) is 1. The fourth-order valence-corrected chi connectivity index (χ4v) is 3.20. The maximum Gasteiger partial charge on any atom is 0.331 e. The van der Waals surface area contributed by atoms with Gasteiger partial charge in [0.25, 0.3) is 0 Å². The average molecular weight is 323 g/mol. The van der Waals surface area contributed by atoms with Crippen LogP contribution in [-0.4, -0.2) is 33.9 Å². The van der Waals surface area contributed by atoms with Gasteiger partial charge >= 0.3 is 5.97 Å². The van der Waals surface area contributed by atoms with Crippen LogP contribution in [0, 0.1) is 6.92 Å². The van der Waals surface area contributed by atoms with Gasteiger partial charge in [0, 0.05) is 23.7 Å². The topological polar surface area (TPSA) is 72.7 Å². The van der Waals surface area contributed by atoms with Gasteiger partial charge < -0.3 is 10.1 Å². The molecule has 0 aromatic carbocycles. The number of aryl methyl sites for hydroxylation is 2. The van der Waals surface area contributed by atoms with E-state index < -0.39 is 11.5 Å². The summed E-state index contributed by atoms with van der Waals surface area (Å²) in [5.41, 5.74) is 1.04. The molecule has 7 heteroatoms. The van der Waals surface area contributed by atoms with Crippen LogP contribution in [0.15, 0.2) is 11.6 Å². The smallest absolute Gasteiger partial charge is 0.331 e. The van der Waals surface area contributed by atoms with Gasteiger partial charge in [0.1, 0.15) is 5.54 Å². The van der Waals surface area contributed by atoms with Gasteiger partial charge in [0.15, 0.2) is 4.96 Å². The molecule has 1 amide bonds. The molecule has 0 spiro atoms. The Labute approximate surface area is 133 Å². The summed E-state index contributed by atoms with van der Waals surface area (Å²) in [6.07, 6.45) is 3.36. The van der Waals surface area contributed by atoms with Crippen LogP contribution in [-0.2, 0) is 20.7 Å². The molecule has 0 saturated heterocycles. The lowest BCUT2D eigenvalue weighted by atomic mass is 9.98. The van der Waals surface area contributed by atoms with E-state index in [1.54, 1.807) is 18.3 Å². The first-order valence-electron chi connectivity index (χ1n) is 7.21. The first-order chi connectivity index (χ1) is 10.4. The van der Waals surface area contributed by atoms with Crippen LogP contribution in [0.1, 0.15) is 38.1 Å². The Bertz CT molecular complexity index is 691. The van der Waals surface area contributed by atoms with Crippen molar-refractivity contribution in [3.05, 3.63) is 23.0 Å². The van der Waals surface area contributed by atoms with E-state index in [2.05, 4.69) is 10.3 Å². The van der Waals surface area contributed by atoms with Crippen LogP contribution in [0.5, 0.6) is 0 Å². The average Bonchev–Trinajstić information content (AvgIpc) is 3.03. The highest BCUT2D eigenvalue weighted by Crippen LogP contribution is 2.18. The predicted octanol–water partition coefficient (Wildman–Crippen LogP) is 2.09. The van der Waals surface area contributed by atoms with Gasteiger partial charge in [-0.1, -0.05) is 6.92 Å². The number of carbonyl (C=O) groups is 2. The van der Waals surface area contributed by atoms with Crippen molar-refractivity contribution >= 4 is 28.2 Å². The quantitative estimate of drug-likeness (QED) is 0.826. The van der Waals surface area contributed by atoms with E-state index in [4.69, 9.17) is 4.74 Å².